The number of aryl methyl sites for hydroxylation is 1. The highest BCUT2D eigenvalue weighted by molar-refractivity contribution is 9.11. The predicted octanol–water partition coefficient (Wildman–Crippen LogP) is 5.63. The topological polar surface area (TPSA) is 103 Å². The molecule has 0 unspecified atom stereocenters. The average molecular weight is 545 g/mol. The molecule has 0 aliphatic rings. The second-order valence-electron chi connectivity index (χ2n) is 6.84. The highest BCUT2D eigenvalue weighted by Gasteiger charge is 2.20. The van der Waals surface area contributed by atoms with Gasteiger partial charge in [-0.1, -0.05) is 18.2 Å². The number of carbonyl (C=O) groups excluding carboxylic acids is 1. The normalized spacial score (nSPS) is 11.0. The summed E-state index contributed by atoms with van der Waals surface area (Å²) in [5.41, 5.74) is 3.80. The number of rotatable bonds is 4. The zero-order valence-corrected chi connectivity index (χ0v) is 19.6. The predicted molar refractivity (Wildman–Crippen MR) is 125 cm³/mol. The molecule has 31 heavy (non-hydrogen) atoms. The fourth-order valence-corrected chi connectivity index (χ4v) is 4.58. The van der Waals surface area contributed by atoms with E-state index in [1.807, 2.05) is 38.2 Å². The van der Waals surface area contributed by atoms with Crippen LogP contribution in [0.4, 0.5) is 11.4 Å². The summed E-state index contributed by atoms with van der Waals surface area (Å²) < 4.78 is 2.53. The van der Waals surface area contributed by atoms with Crippen LogP contribution in [-0.4, -0.2) is 25.6 Å². The minimum atomic E-state index is -0.500. The summed E-state index contributed by atoms with van der Waals surface area (Å²) in [6.07, 6.45) is 1.72. The molecule has 4 rings (SSSR count). The van der Waals surface area contributed by atoms with E-state index in [0.717, 1.165) is 11.3 Å². The number of non-ortho nitro benzene ring substituents is 1. The molecule has 8 nitrogen and oxygen atoms in total. The Labute approximate surface area is 193 Å². The number of para-hydroxylation sites is 1. The molecule has 1 N–H and O–H groups in total. The van der Waals surface area contributed by atoms with E-state index in [1.165, 1.54) is 12.1 Å². The Balaban J connectivity index is 1.81. The molecule has 2 heterocycles. The first-order chi connectivity index (χ1) is 14.8. The summed E-state index contributed by atoms with van der Waals surface area (Å²) in [4.78, 5) is 28.6. The van der Waals surface area contributed by atoms with Gasteiger partial charge in [-0.15, -0.1) is 0 Å². The van der Waals surface area contributed by atoms with Crippen molar-refractivity contribution in [3.8, 4) is 11.3 Å². The third-order valence-electron chi connectivity index (χ3n) is 4.95. The number of aromatic nitrogens is 3. The number of hydrogen-bond acceptors (Lipinski definition) is 5. The molecular formula is C21H15Br2N5O3. The first-order valence-corrected chi connectivity index (χ1v) is 10.7. The summed E-state index contributed by atoms with van der Waals surface area (Å²) in [5.74, 6) is -0.364. The van der Waals surface area contributed by atoms with Crippen molar-refractivity contribution in [2.45, 2.75) is 6.92 Å². The molecule has 4 aromatic rings. The van der Waals surface area contributed by atoms with Gasteiger partial charge in [0.2, 0.25) is 0 Å². The highest BCUT2D eigenvalue weighted by atomic mass is 79.9. The van der Waals surface area contributed by atoms with Gasteiger partial charge in [0.15, 0.2) is 0 Å². The van der Waals surface area contributed by atoms with Crippen LogP contribution in [0.1, 0.15) is 16.1 Å². The van der Waals surface area contributed by atoms with Gasteiger partial charge in [0, 0.05) is 44.8 Å². The number of carbonyl (C=O) groups is 1. The van der Waals surface area contributed by atoms with Crippen molar-refractivity contribution >= 4 is 60.0 Å². The number of nitrogens with one attached hydrogen (secondary N) is 1. The molecular weight excluding hydrogens is 530 g/mol. The smallest absolute Gasteiger partial charge is 0.271 e. The minimum absolute atomic E-state index is 0.0968. The van der Waals surface area contributed by atoms with E-state index >= 15 is 0 Å². The van der Waals surface area contributed by atoms with Gasteiger partial charge in [0.1, 0.15) is 0 Å². The fraction of sp³-hybridized carbons (Fsp3) is 0.0952. The van der Waals surface area contributed by atoms with Gasteiger partial charge in [0.05, 0.1) is 33.6 Å². The second kappa shape index (κ2) is 8.20. The van der Waals surface area contributed by atoms with E-state index in [4.69, 9.17) is 4.98 Å². The largest absolute Gasteiger partial charge is 0.320 e. The van der Waals surface area contributed by atoms with E-state index in [1.54, 1.807) is 16.9 Å². The van der Waals surface area contributed by atoms with E-state index in [9.17, 15) is 14.9 Å². The molecule has 0 aliphatic heterocycles. The summed E-state index contributed by atoms with van der Waals surface area (Å²) in [7, 11) is 1.84. The van der Waals surface area contributed by atoms with Crippen LogP contribution in [0.3, 0.4) is 0 Å². The SMILES string of the molecule is Cc1c(-c2cc(C(=O)Nc3c(Br)cc([N+](=O)[O-])cc3Br)c3ccccc3n2)cnn1C. The Bertz CT molecular complexity index is 1340. The van der Waals surface area contributed by atoms with Gasteiger partial charge >= 0.3 is 0 Å². The summed E-state index contributed by atoms with van der Waals surface area (Å²) in [5, 5.41) is 18.9. The number of hydrogen-bond donors (Lipinski definition) is 1. The van der Waals surface area contributed by atoms with Crippen molar-refractivity contribution in [1.29, 1.82) is 0 Å². The van der Waals surface area contributed by atoms with Crippen molar-refractivity contribution < 1.29 is 9.72 Å². The Morgan fingerprint density at radius 2 is 1.84 bits per heavy atom. The van der Waals surface area contributed by atoms with Gasteiger partial charge in [-0.05, 0) is 50.9 Å². The average Bonchev–Trinajstić information content (AvgIpc) is 3.08. The number of nitro groups is 1. The van der Waals surface area contributed by atoms with Gasteiger partial charge in [-0.3, -0.25) is 19.6 Å². The molecule has 10 heteroatoms. The lowest BCUT2D eigenvalue weighted by molar-refractivity contribution is -0.385. The van der Waals surface area contributed by atoms with Crippen molar-refractivity contribution in [2.75, 3.05) is 5.32 Å². The van der Waals surface area contributed by atoms with Crippen LogP contribution in [0.25, 0.3) is 22.2 Å². The number of pyridine rings is 1. The Hall–Kier alpha value is -3.11. The molecule has 0 saturated heterocycles. The van der Waals surface area contributed by atoms with Gasteiger partial charge < -0.3 is 5.32 Å². The van der Waals surface area contributed by atoms with Crippen LogP contribution in [-0.2, 0) is 7.05 Å². The number of halogens is 2. The maximum Gasteiger partial charge on any atom is 0.271 e. The molecule has 0 radical (unpaired) electrons. The molecule has 0 aliphatic carbocycles. The molecule has 156 valence electrons. The lowest BCUT2D eigenvalue weighted by Gasteiger charge is -2.13. The molecule has 0 fully saturated rings. The molecule has 1 amide bonds. The Morgan fingerprint density at radius 3 is 2.45 bits per heavy atom. The number of benzene rings is 2. The van der Waals surface area contributed by atoms with Crippen LogP contribution in [0.2, 0.25) is 0 Å². The van der Waals surface area contributed by atoms with Crippen molar-refractivity contribution in [1.82, 2.24) is 14.8 Å². The zero-order valence-electron chi connectivity index (χ0n) is 16.4. The van der Waals surface area contributed by atoms with Crippen molar-refractivity contribution in [2.24, 2.45) is 7.05 Å². The van der Waals surface area contributed by atoms with E-state index < -0.39 is 4.92 Å². The first-order valence-electron chi connectivity index (χ1n) is 9.10. The van der Waals surface area contributed by atoms with Gasteiger partial charge in [-0.25, -0.2) is 4.98 Å². The van der Waals surface area contributed by atoms with E-state index in [2.05, 4.69) is 42.3 Å². The van der Waals surface area contributed by atoms with Crippen LogP contribution in [0, 0.1) is 17.0 Å². The van der Waals surface area contributed by atoms with Crippen molar-refractivity contribution in [3.05, 3.63) is 79.0 Å². The molecule has 0 bridgehead atoms. The maximum absolute atomic E-state index is 13.3. The van der Waals surface area contributed by atoms with Crippen LogP contribution in [0.15, 0.2) is 57.6 Å². The maximum atomic E-state index is 13.3. The quantitative estimate of drug-likeness (QED) is 0.265. The van der Waals surface area contributed by atoms with Crippen LogP contribution >= 0.6 is 31.9 Å². The molecule has 0 spiro atoms. The number of amides is 1. The molecule has 0 atom stereocenters. The van der Waals surface area contributed by atoms with E-state index in [-0.39, 0.29) is 11.6 Å². The zero-order chi connectivity index (χ0) is 22.3. The third-order valence-corrected chi connectivity index (χ3v) is 6.20. The van der Waals surface area contributed by atoms with Gasteiger partial charge in [0.25, 0.3) is 11.6 Å². The standard InChI is InChI=1S/C21H15Br2N5O3/c1-11-15(10-24-27(11)2)19-9-14(13-5-3-4-6-18(13)25-19)21(29)26-20-16(22)7-12(28(30)31)8-17(20)23/h3-10H,1-2H3,(H,26,29). The highest BCUT2D eigenvalue weighted by Crippen LogP contribution is 2.36. The number of nitrogens with zero attached hydrogens (tertiary/aromatic N) is 4. The van der Waals surface area contributed by atoms with Crippen molar-refractivity contribution in [3.63, 3.8) is 0 Å². The van der Waals surface area contributed by atoms with Crippen LogP contribution in [0.5, 0.6) is 0 Å². The Kier molecular flexibility index (Phi) is 5.59. The minimum Gasteiger partial charge on any atom is -0.320 e. The summed E-state index contributed by atoms with van der Waals surface area (Å²) >= 11 is 6.62. The van der Waals surface area contributed by atoms with Crippen LogP contribution < -0.4 is 5.32 Å². The Morgan fingerprint density at radius 1 is 1.16 bits per heavy atom. The third kappa shape index (κ3) is 3.96. The second-order valence-corrected chi connectivity index (χ2v) is 8.54. The monoisotopic (exact) mass is 543 g/mol. The lowest BCUT2D eigenvalue weighted by Crippen LogP contribution is -2.14. The molecule has 2 aromatic heterocycles. The molecule has 0 saturated carbocycles. The summed E-state index contributed by atoms with van der Waals surface area (Å²) in [6, 6.07) is 11.8. The molecule has 2 aromatic carbocycles. The lowest BCUT2D eigenvalue weighted by atomic mass is 10.0. The van der Waals surface area contributed by atoms with E-state index in [0.29, 0.717) is 36.8 Å². The number of anilines is 1. The number of nitro benzene ring substituents is 1. The summed E-state index contributed by atoms with van der Waals surface area (Å²) in [6.45, 7) is 1.93. The fourth-order valence-electron chi connectivity index (χ4n) is 3.22. The van der Waals surface area contributed by atoms with Gasteiger partial charge in [-0.2, -0.15) is 5.10 Å². The first kappa shape index (κ1) is 21.1. The number of fused-ring (bicyclic) bond motifs is 1.